The van der Waals surface area contributed by atoms with E-state index in [2.05, 4.69) is 58.9 Å². The number of hydrogen-bond donors (Lipinski definition) is 0. The van der Waals surface area contributed by atoms with Gasteiger partial charge in [-0.2, -0.15) is 0 Å². The predicted molar refractivity (Wildman–Crippen MR) is 218 cm³/mol. The molecule has 0 spiro atoms. The molecular weight excluding hydrogens is 773 g/mol. The van der Waals surface area contributed by atoms with E-state index < -0.39 is 80.2 Å². The first kappa shape index (κ1) is 47.9. The highest BCUT2D eigenvalue weighted by Gasteiger charge is 2.77. The van der Waals surface area contributed by atoms with Crippen molar-refractivity contribution in [1.82, 2.24) is 0 Å². The molecular formula is C24H71O11Si11. The van der Waals surface area contributed by atoms with Crippen LogP contribution in [0.15, 0.2) is 0 Å². The Labute approximate surface area is 301 Å². The minimum atomic E-state index is -4.92. The lowest BCUT2D eigenvalue weighted by molar-refractivity contribution is -0.208. The molecule has 0 aliphatic carbocycles. The summed E-state index contributed by atoms with van der Waals surface area (Å²) in [4.78, 5) is 15.9. The lowest BCUT2D eigenvalue weighted by Gasteiger charge is -2.60. The van der Waals surface area contributed by atoms with Crippen molar-refractivity contribution in [3.05, 3.63) is 0 Å². The molecule has 277 valence electrons. The van der Waals surface area contributed by atoms with E-state index in [1.54, 1.807) is 0 Å². The first-order chi connectivity index (χ1) is 20.0. The molecule has 0 aromatic heterocycles. The van der Waals surface area contributed by atoms with Crippen LogP contribution in [0.4, 0.5) is 0 Å². The Kier molecular flexibility index (Phi) is 16.6. The van der Waals surface area contributed by atoms with Crippen LogP contribution in [-0.2, 0) is 48.1 Å². The van der Waals surface area contributed by atoms with Crippen LogP contribution in [0.1, 0.15) is 41.5 Å². The molecule has 22 heteroatoms. The number of hydrogen-bond acceptors (Lipinski definition) is 10. The van der Waals surface area contributed by atoms with Gasteiger partial charge in [0.1, 0.15) is 10.5 Å². The summed E-state index contributed by atoms with van der Waals surface area (Å²) in [7, 11) is -20.3. The fourth-order valence-corrected chi connectivity index (χ4v) is 37.1. The normalized spacial score (nSPS) is 20.3. The SMILES string of the molecule is CC(O[Si](C)(C)C)(O[Si](C)(C)C)[Si](C)(CO[Si](C)(C)C)O[Si]([O])(O[Si](C)(C)C)O[Si](C(C)(C)C)(C(C)(C)O[SiH3])C(O[SiH3])(O[SiH3])O[SiH3]. The van der Waals surface area contributed by atoms with Crippen LogP contribution in [0.3, 0.4) is 0 Å². The van der Waals surface area contributed by atoms with Crippen LogP contribution >= 0.6 is 0 Å². The third kappa shape index (κ3) is 12.3. The van der Waals surface area contributed by atoms with Gasteiger partial charge in [-0.15, -0.1) is 0 Å². The van der Waals surface area contributed by atoms with Crippen molar-refractivity contribution in [1.29, 1.82) is 0 Å². The zero-order valence-corrected chi connectivity index (χ0v) is 48.7. The number of rotatable bonds is 20. The summed E-state index contributed by atoms with van der Waals surface area (Å²) in [5, 5.41) is -1.67. The molecule has 0 aromatic carbocycles. The van der Waals surface area contributed by atoms with Gasteiger partial charge in [-0.25, -0.2) is 4.80 Å². The monoisotopic (exact) mass is 843 g/mol. The van der Waals surface area contributed by atoms with Crippen LogP contribution in [0.5, 0.6) is 0 Å². The van der Waals surface area contributed by atoms with E-state index in [-0.39, 0.29) is 37.7 Å². The van der Waals surface area contributed by atoms with Crippen molar-refractivity contribution in [3.8, 4) is 0 Å². The molecule has 0 saturated heterocycles. The Morgan fingerprint density at radius 2 is 0.913 bits per heavy atom. The molecule has 0 aromatic rings. The average molecular weight is 845 g/mol. The van der Waals surface area contributed by atoms with Crippen LogP contribution in [0, 0.1) is 0 Å². The van der Waals surface area contributed by atoms with Crippen molar-refractivity contribution < 1.29 is 48.1 Å². The maximum Gasteiger partial charge on any atom is 0.675 e. The Morgan fingerprint density at radius 1 is 0.522 bits per heavy atom. The summed E-state index contributed by atoms with van der Waals surface area (Å²) in [6, 6.07) is 0. The van der Waals surface area contributed by atoms with E-state index >= 15 is 4.80 Å². The summed E-state index contributed by atoms with van der Waals surface area (Å²) in [6.45, 7) is 39.0. The van der Waals surface area contributed by atoms with Gasteiger partial charge in [0.15, 0.2) is 70.1 Å². The van der Waals surface area contributed by atoms with Gasteiger partial charge < -0.3 is 43.3 Å². The van der Waals surface area contributed by atoms with Gasteiger partial charge in [0.25, 0.3) is 13.9 Å². The van der Waals surface area contributed by atoms with E-state index in [0.29, 0.717) is 10.5 Å². The highest BCUT2D eigenvalue weighted by atomic mass is 28.5. The fourth-order valence-electron chi connectivity index (χ4n) is 5.81. The third-order valence-corrected chi connectivity index (χ3v) is 32.2. The smallest absolute Gasteiger partial charge is 0.423 e. The quantitative estimate of drug-likeness (QED) is 0.134. The van der Waals surface area contributed by atoms with E-state index in [9.17, 15) is 0 Å². The van der Waals surface area contributed by atoms with Gasteiger partial charge in [-0.05, 0) is 111 Å². The molecule has 0 bridgehead atoms. The van der Waals surface area contributed by atoms with Crippen LogP contribution < -0.4 is 0 Å². The van der Waals surface area contributed by atoms with Crippen molar-refractivity contribution >= 4 is 101 Å². The van der Waals surface area contributed by atoms with Crippen LogP contribution in [0.2, 0.25) is 90.1 Å². The molecule has 0 aliphatic rings. The third-order valence-electron chi connectivity index (χ3n) is 7.45. The summed E-state index contributed by atoms with van der Waals surface area (Å²) >= 11 is 0. The molecule has 1 radical (unpaired) electrons. The van der Waals surface area contributed by atoms with E-state index in [4.69, 9.17) is 43.3 Å². The van der Waals surface area contributed by atoms with Crippen LogP contribution in [0.25, 0.3) is 0 Å². The molecule has 0 fully saturated rings. The Morgan fingerprint density at radius 3 is 1.17 bits per heavy atom. The Bertz CT molecular complexity index is 949. The highest BCUT2D eigenvalue weighted by molar-refractivity contribution is 6.92. The summed E-state index contributed by atoms with van der Waals surface area (Å²) in [5.41, 5.74) is -2.79. The van der Waals surface area contributed by atoms with Crippen molar-refractivity contribution in [3.63, 3.8) is 0 Å². The molecule has 0 amide bonds. The topological polar surface area (TPSA) is 112 Å². The largest absolute Gasteiger partial charge is 0.675 e. The highest BCUT2D eigenvalue weighted by Crippen LogP contribution is 2.54. The summed E-state index contributed by atoms with van der Waals surface area (Å²) in [5.74, 6) is 0. The van der Waals surface area contributed by atoms with Gasteiger partial charge in [0, 0.05) is 0 Å². The lowest BCUT2D eigenvalue weighted by atomic mass is 10.2. The van der Waals surface area contributed by atoms with Gasteiger partial charge in [-0.3, -0.25) is 0 Å². The second-order valence-corrected chi connectivity index (χ2v) is 48.8. The Hall–Kier alpha value is 1.95. The first-order valence-electron chi connectivity index (χ1n) is 16.0. The molecule has 3 unspecified atom stereocenters. The molecule has 0 N–H and O–H groups in total. The molecule has 3 atom stereocenters. The standard InChI is InChI=1S/C24H71O11Si11/c1-21(2,3)45(22(4,5)27-36,24(28-37,29-38)30-39)35-46(25,33-43(16,17)18)34-44(19,20-26-40(7,8)9)23(6,31-41(10,11)12)32-42(13,14)15/h20H2,1-19,36-39H3. The van der Waals surface area contributed by atoms with E-state index in [1.165, 1.54) is 0 Å². The zero-order chi connectivity index (χ0) is 37.3. The van der Waals surface area contributed by atoms with E-state index in [1.807, 2.05) is 67.7 Å². The van der Waals surface area contributed by atoms with Crippen molar-refractivity contribution in [2.45, 2.75) is 148 Å². The van der Waals surface area contributed by atoms with E-state index in [0.717, 1.165) is 0 Å². The van der Waals surface area contributed by atoms with Gasteiger partial charge >= 0.3 is 17.4 Å². The fraction of sp³-hybridized carbons (Fsp3) is 1.00. The minimum absolute atomic E-state index is 0.185. The summed E-state index contributed by atoms with van der Waals surface area (Å²) in [6.07, 6.45) is 0.185. The molecule has 0 heterocycles. The lowest BCUT2D eigenvalue weighted by Crippen LogP contribution is -2.83. The first-order valence-corrected chi connectivity index (χ1v) is 39.1. The molecule has 46 heavy (non-hydrogen) atoms. The maximum atomic E-state index is 15.9. The second kappa shape index (κ2) is 15.9. The summed E-state index contributed by atoms with van der Waals surface area (Å²) < 4.78 is 66.8. The van der Waals surface area contributed by atoms with Gasteiger partial charge in [0.2, 0.25) is 0 Å². The molecule has 0 saturated carbocycles. The average Bonchev–Trinajstić information content (AvgIpc) is 2.78. The molecule has 0 aliphatic heterocycles. The van der Waals surface area contributed by atoms with Crippen molar-refractivity contribution in [2.24, 2.45) is 0 Å². The van der Waals surface area contributed by atoms with Gasteiger partial charge in [-0.1, -0.05) is 20.8 Å². The second-order valence-electron chi connectivity index (χ2n) is 17.7. The minimum Gasteiger partial charge on any atom is -0.423 e. The molecule has 11 nitrogen and oxygen atoms in total. The Balaban J connectivity index is 8.18. The molecule has 0 rings (SSSR count). The van der Waals surface area contributed by atoms with Crippen molar-refractivity contribution in [2.75, 3.05) is 6.23 Å². The zero-order valence-electron chi connectivity index (χ0n) is 33.7. The van der Waals surface area contributed by atoms with Crippen LogP contribution in [-0.4, -0.2) is 123 Å². The predicted octanol–water partition coefficient (Wildman–Crippen LogP) is 2.11. The van der Waals surface area contributed by atoms with Gasteiger partial charge in [0.05, 0.1) is 11.5 Å². The maximum absolute atomic E-state index is 15.9.